The van der Waals surface area contributed by atoms with Crippen LogP contribution in [0.1, 0.15) is 37.9 Å². The second-order valence-electron chi connectivity index (χ2n) is 3.81. The first-order chi connectivity index (χ1) is 6.25. The van der Waals surface area contributed by atoms with Gasteiger partial charge in [-0.05, 0) is 26.2 Å². The number of ether oxygens (including phenoxy) is 1. The highest BCUT2D eigenvalue weighted by atomic mass is 16.5. The average molecular weight is 180 g/mol. The molecule has 1 aliphatic heterocycles. The summed E-state index contributed by atoms with van der Waals surface area (Å²) in [6, 6.07) is 0. The Morgan fingerprint density at radius 3 is 3.00 bits per heavy atom. The van der Waals surface area contributed by atoms with Crippen LogP contribution in [0, 0.1) is 0 Å². The quantitative estimate of drug-likeness (QED) is 0.661. The fraction of sp³-hybridized carbons (Fsp3) is 0.700. The molecule has 1 aromatic heterocycles. The molecule has 1 saturated heterocycles. The van der Waals surface area contributed by atoms with Crippen LogP contribution in [0.5, 0.6) is 0 Å². The second kappa shape index (κ2) is 3.50. The van der Waals surface area contributed by atoms with Crippen molar-refractivity contribution in [3.05, 3.63) is 18.0 Å². The molecule has 72 valence electrons. The fourth-order valence-electron chi connectivity index (χ4n) is 1.86. The molecule has 2 atom stereocenters. The molecule has 0 saturated carbocycles. The van der Waals surface area contributed by atoms with E-state index in [1.54, 1.807) is 0 Å². The van der Waals surface area contributed by atoms with Gasteiger partial charge in [0.1, 0.15) is 0 Å². The Morgan fingerprint density at radius 2 is 2.38 bits per heavy atom. The van der Waals surface area contributed by atoms with Gasteiger partial charge in [0.05, 0.1) is 18.4 Å². The second-order valence-corrected chi connectivity index (χ2v) is 3.81. The minimum atomic E-state index is 0.275. The van der Waals surface area contributed by atoms with Crippen molar-refractivity contribution in [3.63, 3.8) is 0 Å². The topological polar surface area (TPSA) is 27.1 Å². The van der Waals surface area contributed by atoms with Crippen LogP contribution in [0.4, 0.5) is 0 Å². The molecule has 2 heterocycles. The van der Waals surface area contributed by atoms with E-state index in [2.05, 4.69) is 12.0 Å². The molecule has 3 nitrogen and oxygen atoms in total. The zero-order valence-corrected chi connectivity index (χ0v) is 8.23. The van der Waals surface area contributed by atoms with Gasteiger partial charge >= 0.3 is 0 Å². The largest absolute Gasteiger partial charge is 0.370 e. The monoisotopic (exact) mass is 180 g/mol. The maximum absolute atomic E-state index is 5.83. The first-order valence-electron chi connectivity index (χ1n) is 4.89. The molecule has 1 aliphatic rings. The van der Waals surface area contributed by atoms with E-state index in [1.165, 1.54) is 18.4 Å². The van der Waals surface area contributed by atoms with Crippen molar-refractivity contribution in [1.82, 2.24) is 9.78 Å². The Hall–Kier alpha value is -0.830. The molecule has 0 radical (unpaired) electrons. The van der Waals surface area contributed by atoms with Crippen molar-refractivity contribution >= 4 is 0 Å². The van der Waals surface area contributed by atoms with Gasteiger partial charge in [-0.25, -0.2) is 0 Å². The SMILES string of the molecule is C[C@@H]1CCC[C@H](c2cnn(C)c2)O1. The Morgan fingerprint density at radius 1 is 1.54 bits per heavy atom. The molecule has 0 spiro atoms. The fourth-order valence-corrected chi connectivity index (χ4v) is 1.86. The molecule has 2 rings (SSSR count). The van der Waals surface area contributed by atoms with Gasteiger partial charge in [-0.3, -0.25) is 4.68 Å². The average Bonchev–Trinajstić information content (AvgIpc) is 2.52. The summed E-state index contributed by atoms with van der Waals surface area (Å²) in [7, 11) is 1.94. The summed E-state index contributed by atoms with van der Waals surface area (Å²) < 4.78 is 7.66. The molecular formula is C10H16N2O. The lowest BCUT2D eigenvalue weighted by atomic mass is 10.0. The van der Waals surface area contributed by atoms with Crippen LogP contribution in [-0.4, -0.2) is 15.9 Å². The van der Waals surface area contributed by atoms with Crippen LogP contribution in [0.2, 0.25) is 0 Å². The van der Waals surface area contributed by atoms with Gasteiger partial charge in [-0.2, -0.15) is 5.10 Å². The van der Waals surface area contributed by atoms with Crippen LogP contribution in [0.3, 0.4) is 0 Å². The molecule has 3 heteroatoms. The van der Waals surface area contributed by atoms with E-state index >= 15 is 0 Å². The molecule has 0 N–H and O–H groups in total. The number of aryl methyl sites for hydroxylation is 1. The van der Waals surface area contributed by atoms with E-state index in [0.717, 1.165) is 6.42 Å². The predicted molar refractivity (Wildman–Crippen MR) is 50.3 cm³/mol. The zero-order valence-electron chi connectivity index (χ0n) is 8.23. The van der Waals surface area contributed by atoms with Crippen molar-refractivity contribution in [1.29, 1.82) is 0 Å². The minimum absolute atomic E-state index is 0.275. The summed E-state index contributed by atoms with van der Waals surface area (Å²) in [4.78, 5) is 0. The summed E-state index contributed by atoms with van der Waals surface area (Å²) in [5, 5.41) is 4.15. The first-order valence-corrected chi connectivity index (χ1v) is 4.89. The number of hydrogen-bond acceptors (Lipinski definition) is 2. The lowest BCUT2D eigenvalue weighted by Gasteiger charge is -2.26. The Balaban J connectivity index is 2.08. The normalized spacial score (nSPS) is 29.1. The third-order valence-corrected chi connectivity index (χ3v) is 2.57. The number of rotatable bonds is 1. The Bertz CT molecular complexity index is 282. The van der Waals surface area contributed by atoms with Gasteiger partial charge in [-0.1, -0.05) is 0 Å². The maximum atomic E-state index is 5.83. The number of nitrogens with zero attached hydrogens (tertiary/aromatic N) is 2. The first kappa shape index (κ1) is 8.75. The van der Waals surface area contributed by atoms with E-state index in [1.807, 2.05) is 24.1 Å². The standard InChI is InChI=1S/C10H16N2O/c1-8-4-3-5-10(13-8)9-6-11-12(2)7-9/h6-8,10H,3-5H2,1-2H3/t8-,10-/m1/s1. The van der Waals surface area contributed by atoms with Gasteiger partial charge in [0.15, 0.2) is 0 Å². The summed E-state index contributed by atoms with van der Waals surface area (Å²) in [5.74, 6) is 0. The van der Waals surface area contributed by atoms with Crippen LogP contribution in [0.15, 0.2) is 12.4 Å². The van der Waals surface area contributed by atoms with Crippen LogP contribution >= 0.6 is 0 Å². The third kappa shape index (κ3) is 1.91. The van der Waals surface area contributed by atoms with Crippen molar-refractivity contribution < 1.29 is 4.74 Å². The summed E-state index contributed by atoms with van der Waals surface area (Å²) >= 11 is 0. The van der Waals surface area contributed by atoms with E-state index in [9.17, 15) is 0 Å². The van der Waals surface area contributed by atoms with E-state index in [-0.39, 0.29) is 6.10 Å². The predicted octanol–water partition coefficient (Wildman–Crippen LogP) is 2.05. The van der Waals surface area contributed by atoms with Crippen LogP contribution in [-0.2, 0) is 11.8 Å². The lowest BCUT2D eigenvalue weighted by molar-refractivity contribution is -0.0414. The van der Waals surface area contributed by atoms with Crippen molar-refractivity contribution in [2.75, 3.05) is 0 Å². The van der Waals surface area contributed by atoms with Gasteiger partial charge in [-0.15, -0.1) is 0 Å². The number of aromatic nitrogens is 2. The molecule has 0 unspecified atom stereocenters. The molecular weight excluding hydrogens is 164 g/mol. The molecule has 0 amide bonds. The van der Waals surface area contributed by atoms with Gasteiger partial charge in [0.25, 0.3) is 0 Å². The highest BCUT2D eigenvalue weighted by Crippen LogP contribution is 2.30. The molecule has 1 fully saturated rings. The van der Waals surface area contributed by atoms with E-state index < -0.39 is 0 Å². The third-order valence-electron chi connectivity index (χ3n) is 2.57. The van der Waals surface area contributed by atoms with Crippen molar-refractivity contribution in [2.45, 2.75) is 38.4 Å². The van der Waals surface area contributed by atoms with Gasteiger partial charge in [0, 0.05) is 18.8 Å². The molecule has 0 aromatic carbocycles. The highest BCUT2D eigenvalue weighted by Gasteiger charge is 2.21. The molecule has 1 aromatic rings. The Labute approximate surface area is 78.7 Å². The summed E-state index contributed by atoms with van der Waals surface area (Å²) in [6.45, 7) is 2.14. The number of hydrogen-bond donors (Lipinski definition) is 0. The van der Waals surface area contributed by atoms with E-state index in [0.29, 0.717) is 6.10 Å². The summed E-state index contributed by atoms with van der Waals surface area (Å²) in [5.41, 5.74) is 1.22. The Kier molecular flexibility index (Phi) is 2.36. The minimum Gasteiger partial charge on any atom is -0.370 e. The molecule has 13 heavy (non-hydrogen) atoms. The molecule has 0 bridgehead atoms. The van der Waals surface area contributed by atoms with Gasteiger partial charge in [0.2, 0.25) is 0 Å². The summed E-state index contributed by atoms with van der Waals surface area (Å²) in [6.07, 6.45) is 8.22. The highest BCUT2D eigenvalue weighted by molar-refractivity contribution is 5.08. The lowest BCUT2D eigenvalue weighted by Crippen LogP contribution is -2.18. The zero-order chi connectivity index (χ0) is 9.26. The van der Waals surface area contributed by atoms with Crippen LogP contribution in [0.25, 0.3) is 0 Å². The van der Waals surface area contributed by atoms with Crippen molar-refractivity contribution in [3.8, 4) is 0 Å². The molecule has 0 aliphatic carbocycles. The van der Waals surface area contributed by atoms with Gasteiger partial charge < -0.3 is 4.74 Å². The smallest absolute Gasteiger partial charge is 0.0859 e. The van der Waals surface area contributed by atoms with Crippen molar-refractivity contribution in [2.24, 2.45) is 7.05 Å². The van der Waals surface area contributed by atoms with Crippen LogP contribution < -0.4 is 0 Å². The van der Waals surface area contributed by atoms with E-state index in [4.69, 9.17) is 4.74 Å². The maximum Gasteiger partial charge on any atom is 0.0859 e.